The minimum Gasteiger partial charge on any atom is -0.506 e. The number of rotatable bonds is 13. The SMILES string of the molecule is CC(C)=CCCC1(C)C=Cc2c(O)c3c(c(CC=C(C)C)c2O1)OC12C(=CC4CC1C(C)(C)OC2(CC=C(C)C(=O)N1CCN(CCOCCO)CC1)C4=O)C3=O. The highest BCUT2D eigenvalue weighted by atomic mass is 16.6. The molecule has 7 aliphatic rings. The number of aliphatic hydroxyl groups is 1. The van der Waals surface area contributed by atoms with Crippen LogP contribution >= 0.6 is 0 Å². The predicted octanol–water partition coefficient (Wildman–Crippen LogP) is 6.31. The average molecular weight is 785 g/mol. The van der Waals surface area contributed by atoms with Crippen LogP contribution in [0.3, 0.4) is 0 Å². The van der Waals surface area contributed by atoms with Crippen LogP contribution in [0, 0.1) is 11.8 Å². The van der Waals surface area contributed by atoms with Crippen molar-refractivity contribution in [2.45, 2.75) is 110 Å². The molecule has 5 atom stereocenters. The summed E-state index contributed by atoms with van der Waals surface area (Å²) in [5, 5.41) is 21.0. The first-order valence-electron chi connectivity index (χ1n) is 20.6. The lowest BCUT2D eigenvalue weighted by Crippen LogP contribution is -2.72. The highest BCUT2D eigenvalue weighted by Gasteiger charge is 2.81. The maximum atomic E-state index is 15.1. The highest BCUT2D eigenvalue weighted by molar-refractivity contribution is 6.19. The Labute approximate surface area is 337 Å². The van der Waals surface area contributed by atoms with Gasteiger partial charge in [-0.1, -0.05) is 35.5 Å². The van der Waals surface area contributed by atoms with Crippen molar-refractivity contribution in [3.63, 3.8) is 0 Å². The molecule has 57 heavy (non-hydrogen) atoms. The summed E-state index contributed by atoms with van der Waals surface area (Å²) in [5.74, 6) is -1.07. The Morgan fingerprint density at radius 1 is 0.965 bits per heavy atom. The second-order valence-corrected chi connectivity index (χ2v) is 17.9. The normalized spacial score (nSPS) is 29.5. The molecule has 5 unspecified atom stereocenters. The monoisotopic (exact) mass is 784 g/mol. The third-order valence-corrected chi connectivity index (χ3v) is 12.9. The summed E-state index contributed by atoms with van der Waals surface area (Å²) in [7, 11) is 0. The fourth-order valence-corrected chi connectivity index (χ4v) is 9.96. The number of amides is 1. The summed E-state index contributed by atoms with van der Waals surface area (Å²) in [4.78, 5) is 47.8. The number of hydrogen-bond acceptors (Lipinski definition) is 10. The molecule has 1 aromatic rings. The number of Topliss-reactive ketones (excluding diaryl/α,β-unsaturated/α-hetero) is 2. The van der Waals surface area contributed by atoms with Gasteiger partial charge in [0.25, 0.3) is 0 Å². The Balaban J connectivity index is 1.26. The van der Waals surface area contributed by atoms with Crippen molar-refractivity contribution < 1.29 is 43.5 Å². The van der Waals surface area contributed by atoms with Crippen molar-refractivity contribution in [2.75, 3.05) is 52.5 Å². The first-order chi connectivity index (χ1) is 27.0. The second-order valence-electron chi connectivity index (χ2n) is 17.9. The molecule has 11 heteroatoms. The van der Waals surface area contributed by atoms with Crippen LogP contribution in [-0.4, -0.2) is 112 Å². The van der Waals surface area contributed by atoms with E-state index in [2.05, 4.69) is 30.9 Å². The number of hydrogen-bond donors (Lipinski definition) is 2. The number of ketones is 2. The average Bonchev–Trinajstić information content (AvgIpc) is 3.31. The molecule has 0 radical (unpaired) electrons. The predicted molar refractivity (Wildman–Crippen MR) is 218 cm³/mol. The molecule has 1 spiro atoms. The first kappa shape index (κ1) is 41.1. The number of phenols is 1. The molecule has 2 saturated heterocycles. The van der Waals surface area contributed by atoms with Crippen LogP contribution in [0.4, 0.5) is 0 Å². The molecular formula is C46H60N2O9. The van der Waals surface area contributed by atoms with Crippen molar-refractivity contribution in [3.05, 3.63) is 69.4 Å². The van der Waals surface area contributed by atoms with Gasteiger partial charge in [-0.15, -0.1) is 0 Å². The molecule has 4 aliphatic heterocycles. The summed E-state index contributed by atoms with van der Waals surface area (Å²) >= 11 is 0. The molecule has 308 valence electrons. The Morgan fingerprint density at radius 2 is 1.68 bits per heavy atom. The third kappa shape index (κ3) is 6.92. The zero-order valence-electron chi connectivity index (χ0n) is 35.0. The van der Waals surface area contributed by atoms with Crippen molar-refractivity contribution in [2.24, 2.45) is 11.8 Å². The standard InChI is InChI=1S/C46H60N2O9/c1-28(2)10-9-15-44(8)16-14-32-37(50)36-38(51)34-26-31-27-35-43(6,7)57-45(41(31)52,46(34,35)56-40(36)33(39(32)55-44)12-11-29(3)4)17-13-30(5)42(53)48-20-18-47(19-21-48)22-24-54-25-23-49/h10-11,13-14,16,26,31,35,49-50H,9,12,15,17-25,27H2,1-8H3. The van der Waals surface area contributed by atoms with Crippen molar-refractivity contribution in [3.8, 4) is 17.2 Å². The molecule has 0 aromatic heterocycles. The van der Waals surface area contributed by atoms with E-state index in [0.717, 1.165) is 18.5 Å². The molecule has 3 fully saturated rings. The molecule has 2 N–H and O–H groups in total. The Morgan fingerprint density at radius 3 is 2.37 bits per heavy atom. The van der Waals surface area contributed by atoms with Crippen molar-refractivity contribution in [1.82, 2.24) is 9.80 Å². The van der Waals surface area contributed by atoms with Crippen LogP contribution in [0.2, 0.25) is 0 Å². The molecule has 1 amide bonds. The van der Waals surface area contributed by atoms with Gasteiger partial charge in [0.2, 0.25) is 5.91 Å². The molecule has 8 rings (SSSR count). The molecule has 3 aliphatic carbocycles. The van der Waals surface area contributed by atoms with Crippen LogP contribution in [0.1, 0.15) is 103 Å². The molecule has 1 saturated carbocycles. The van der Waals surface area contributed by atoms with Gasteiger partial charge in [-0.25, -0.2) is 0 Å². The van der Waals surface area contributed by atoms with Crippen LogP contribution in [0.25, 0.3) is 6.08 Å². The Kier molecular flexibility index (Phi) is 11.0. The number of allylic oxidation sites excluding steroid dienone is 5. The molecule has 1 aromatic carbocycles. The van der Waals surface area contributed by atoms with Crippen molar-refractivity contribution >= 4 is 23.5 Å². The summed E-state index contributed by atoms with van der Waals surface area (Å²) < 4.78 is 26.6. The van der Waals surface area contributed by atoms with Gasteiger partial charge in [-0.2, -0.15) is 0 Å². The summed E-state index contributed by atoms with van der Waals surface area (Å²) in [6.45, 7) is 19.9. The minimum absolute atomic E-state index is 0.00852. The maximum absolute atomic E-state index is 15.1. The highest BCUT2D eigenvalue weighted by Crippen LogP contribution is 2.68. The topological polar surface area (TPSA) is 135 Å². The number of phenolic OH excluding ortho intramolecular Hbond substituents is 1. The Bertz CT molecular complexity index is 1990. The van der Waals surface area contributed by atoms with E-state index in [0.29, 0.717) is 86.7 Å². The molecule has 11 nitrogen and oxygen atoms in total. The smallest absolute Gasteiger partial charge is 0.249 e. The largest absolute Gasteiger partial charge is 0.506 e. The lowest BCUT2D eigenvalue weighted by atomic mass is 9.51. The van der Waals surface area contributed by atoms with Gasteiger partial charge >= 0.3 is 0 Å². The third-order valence-electron chi connectivity index (χ3n) is 12.9. The number of fused-ring (bicyclic) bond motifs is 2. The zero-order valence-corrected chi connectivity index (χ0v) is 35.0. The van der Waals surface area contributed by atoms with E-state index in [1.54, 1.807) is 19.1 Å². The van der Waals surface area contributed by atoms with Gasteiger partial charge in [-0.05, 0) is 93.2 Å². The number of ether oxygens (including phenoxy) is 4. The first-order valence-corrected chi connectivity index (χ1v) is 20.6. The maximum Gasteiger partial charge on any atom is 0.249 e. The van der Waals surface area contributed by atoms with E-state index in [1.165, 1.54) is 5.57 Å². The van der Waals surface area contributed by atoms with Gasteiger partial charge in [0, 0.05) is 67.7 Å². The fourth-order valence-electron chi connectivity index (χ4n) is 9.96. The van der Waals surface area contributed by atoms with E-state index >= 15 is 4.79 Å². The molecule has 4 heterocycles. The second kappa shape index (κ2) is 15.3. The zero-order chi connectivity index (χ0) is 41.1. The number of benzene rings is 1. The summed E-state index contributed by atoms with van der Waals surface area (Å²) in [5.41, 5.74) is -0.320. The van der Waals surface area contributed by atoms with E-state index in [9.17, 15) is 14.7 Å². The summed E-state index contributed by atoms with van der Waals surface area (Å²) in [6.07, 6.45) is 14.0. The van der Waals surface area contributed by atoms with Gasteiger partial charge in [0.05, 0.1) is 31.0 Å². The van der Waals surface area contributed by atoms with Crippen LogP contribution in [0.15, 0.2) is 52.7 Å². The molecular weight excluding hydrogens is 725 g/mol. The van der Waals surface area contributed by atoms with Crippen LogP contribution in [0.5, 0.6) is 17.2 Å². The number of carbonyl (C=O) groups is 3. The van der Waals surface area contributed by atoms with E-state index < -0.39 is 28.3 Å². The molecule has 4 bridgehead atoms. The number of nitrogens with zero attached hydrogens (tertiary/aromatic N) is 2. The van der Waals surface area contributed by atoms with Crippen molar-refractivity contribution in [1.29, 1.82) is 0 Å². The number of aliphatic hydroxyl groups excluding tert-OH is 1. The fraction of sp³-hybridized carbons (Fsp3) is 0.587. The van der Waals surface area contributed by atoms with Gasteiger partial charge in [0.1, 0.15) is 28.4 Å². The summed E-state index contributed by atoms with van der Waals surface area (Å²) in [6, 6.07) is 0. The Hall–Kier alpha value is -4.03. The number of carbonyl (C=O) groups excluding carboxylic acids is 3. The van der Waals surface area contributed by atoms with Crippen LogP contribution in [-0.2, 0) is 25.5 Å². The van der Waals surface area contributed by atoms with E-state index in [-0.39, 0.29) is 53.5 Å². The number of aromatic hydroxyl groups is 1. The lowest BCUT2D eigenvalue weighted by Gasteiger charge is -2.56. The van der Waals surface area contributed by atoms with Gasteiger partial charge in [-0.3, -0.25) is 19.3 Å². The number of piperazine rings is 1. The van der Waals surface area contributed by atoms with E-state index in [1.807, 2.05) is 51.7 Å². The van der Waals surface area contributed by atoms with Gasteiger partial charge < -0.3 is 34.1 Å². The van der Waals surface area contributed by atoms with E-state index in [4.69, 9.17) is 24.1 Å². The van der Waals surface area contributed by atoms with Crippen LogP contribution < -0.4 is 9.47 Å². The minimum atomic E-state index is -1.59. The lowest BCUT2D eigenvalue weighted by molar-refractivity contribution is -0.171. The van der Waals surface area contributed by atoms with Gasteiger partial charge in [0.15, 0.2) is 22.8 Å². The quantitative estimate of drug-likeness (QED) is 0.133.